The fraction of sp³-hybridized carbons (Fsp3) is 0. The summed E-state index contributed by atoms with van der Waals surface area (Å²) in [5.41, 5.74) is 10.6. The lowest BCUT2D eigenvalue weighted by atomic mass is 9.91. The highest BCUT2D eigenvalue weighted by molar-refractivity contribution is 6.26. The third-order valence-electron chi connectivity index (χ3n) is 12.3. The van der Waals surface area contributed by atoms with Gasteiger partial charge in [0.15, 0.2) is 17.5 Å². The number of rotatable bonds is 5. The normalized spacial score (nSPS) is 11.9. The van der Waals surface area contributed by atoms with Crippen molar-refractivity contribution in [1.82, 2.24) is 15.0 Å². The van der Waals surface area contributed by atoms with Gasteiger partial charge >= 0.3 is 0 Å². The number of hydrogen-bond acceptors (Lipinski definition) is 5. The first-order valence-electron chi connectivity index (χ1n) is 20.8. The molecule has 3 heterocycles. The average molecular weight is 792 g/mol. The quantitative estimate of drug-likeness (QED) is 0.162. The maximum Gasteiger partial charge on any atom is 0.164 e. The van der Waals surface area contributed by atoms with E-state index < -0.39 is 0 Å². The van der Waals surface area contributed by atoms with E-state index in [1.54, 1.807) is 0 Å². The van der Waals surface area contributed by atoms with Gasteiger partial charge in [0.25, 0.3) is 0 Å². The number of aromatic nitrogens is 3. The Morgan fingerprint density at radius 3 is 1.39 bits per heavy atom. The zero-order chi connectivity index (χ0) is 40.7. The van der Waals surface area contributed by atoms with E-state index >= 15 is 0 Å². The summed E-state index contributed by atoms with van der Waals surface area (Å²) < 4.78 is 12.6. The SMILES string of the molecule is c1ccc(-c2nc(-c3ccc(-c4cccc5oc6ccc(-c7ccc8c9ccccc9c9ccccc9c8c7)cc6c45)cc3)nc(-c3ccc4oc5ccccc5c4c3)n2)cc1. The van der Waals surface area contributed by atoms with Gasteiger partial charge in [0.2, 0.25) is 0 Å². The van der Waals surface area contributed by atoms with Crippen molar-refractivity contribution in [3.05, 3.63) is 200 Å². The molecule has 0 spiro atoms. The molecule has 0 radical (unpaired) electrons. The monoisotopic (exact) mass is 791 g/mol. The molecule has 288 valence electrons. The topological polar surface area (TPSA) is 65.0 Å². The van der Waals surface area contributed by atoms with E-state index in [1.165, 1.54) is 37.9 Å². The second-order valence-corrected chi connectivity index (χ2v) is 15.9. The lowest BCUT2D eigenvalue weighted by molar-refractivity contribution is 0.668. The van der Waals surface area contributed by atoms with E-state index in [0.29, 0.717) is 17.5 Å². The van der Waals surface area contributed by atoms with Crippen LogP contribution in [-0.2, 0) is 0 Å². The Morgan fingerprint density at radius 1 is 0.242 bits per heavy atom. The summed E-state index contributed by atoms with van der Waals surface area (Å²) in [6.45, 7) is 0. The molecule has 13 aromatic rings. The molecule has 62 heavy (non-hydrogen) atoms. The molecule has 0 amide bonds. The summed E-state index contributed by atoms with van der Waals surface area (Å²) in [6, 6.07) is 70.0. The zero-order valence-corrected chi connectivity index (χ0v) is 33.2. The largest absolute Gasteiger partial charge is 0.456 e. The summed E-state index contributed by atoms with van der Waals surface area (Å²) in [5.74, 6) is 1.82. The summed E-state index contributed by atoms with van der Waals surface area (Å²) in [7, 11) is 0. The van der Waals surface area contributed by atoms with Crippen molar-refractivity contribution in [1.29, 1.82) is 0 Å². The van der Waals surface area contributed by atoms with E-state index in [-0.39, 0.29) is 0 Å². The van der Waals surface area contributed by atoms with Gasteiger partial charge in [0, 0.05) is 38.2 Å². The van der Waals surface area contributed by atoms with Crippen LogP contribution in [0, 0.1) is 0 Å². The molecule has 0 aliphatic rings. The molecule has 0 unspecified atom stereocenters. The van der Waals surface area contributed by atoms with Crippen LogP contribution in [0.1, 0.15) is 0 Å². The Morgan fingerprint density at radius 2 is 0.677 bits per heavy atom. The van der Waals surface area contributed by atoms with Crippen molar-refractivity contribution in [2.24, 2.45) is 0 Å². The zero-order valence-electron chi connectivity index (χ0n) is 33.2. The van der Waals surface area contributed by atoms with Gasteiger partial charge in [-0.05, 0) is 103 Å². The number of furan rings is 2. The van der Waals surface area contributed by atoms with Crippen LogP contribution in [0.5, 0.6) is 0 Å². The molecule has 0 saturated carbocycles. The molecule has 5 nitrogen and oxygen atoms in total. The Bertz CT molecular complexity index is 3890. The highest BCUT2D eigenvalue weighted by Gasteiger charge is 2.18. The average Bonchev–Trinajstić information content (AvgIpc) is 3.92. The number of benzene rings is 10. The molecule has 0 saturated heterocycles. The summed E-state index contributed by atoms with van der Waals surface area (Å²) in [6.07, 6.45) is 0. The Labute approximate surface area is 355 Å². The molecule has 10 aromatic carbocycles. The van der Waals surface area contributed by atoms with Crippen molar-refractivity contribution in [2.75, 3.05) is 0 Å². The minimum Gasteiger partial charge on any atom is -0.456 e. The highest BCUT2D eigenvalue weighted by Crippen LogP contribution is 2.41. The summed E-state index contributed by atoms with van der Waals surface area (Å²) in [5, 5.41) is 11.9. The van der Waals surface area contributed by atoms with E-state index in [0.717, 1.165) is 77.3 Å². The Balaban J connectivity index is 0.910. The van der Waals surface area contributed by atoms with Gasteiger partial charge in [-0.3, -0.25) is 0 Å². The minimum absolute atomic E-state index is 0.600. The predicted molar refractivity (Wildman–Crippen MR) is 254 cm³/mol. The lowest BCUT2D eigenvalue weighted by Gasteiger charge is -2.12. The van der Waals surface area contributed by atoms with Crippen LogP contribution in [0.15, 0.2) is 209 Å². The van der Waals surface area contributed by atoms with Gasteiger partial charge in [-0.1, -0.05) is 152 Å². The molecule has 0 N–H and O–H groups in total. The van der Waals surface area contributed by atoms with Gasteiger partial charge in [0.05, 0.1) is 0 Å². The molecule has 5 heteroatoms. The first-order valence-corrected chi connectivity index (χ1v) is 20.8. The molecular formula is C57H33N3O2. The predicted octanol–water partition coefficient (Wildman–Crippen LogP) is 15.5. The fourth-order valence-electron chi connectivity index (χ4n) is 9.35. The van der Waals surface area contributed by atoms with Crippen molar-refractivity contribution in [3.63, 3.8) is 0 Å². The van der Waals surface area contributed by atoms with Crippen LogP contribution < -0.4 is 0 Å². The van der Waals surface area contributed by atoms with Crippen LogP contribution in [-0.4, -0.2) is 15.0 Å². The van der Waals surface area contributed by atoms with Crippen molar-refractivity contribution in [2.45, 2.75) is 0 Å². The molecule has 3 aromatic heterocycles. The first kappa shape index (κ1) is 34.5. The molecule has 0 fully saturated rings. The third kappa shape index (κ3) is 5.45. The number of para-hydroxylation sites is 1. The molecule has 0 atom stereocenters. The van der Waals surface area contributed by atoms with E-state index in [9.17, 15) is 0 Å². The molecule has 0 aliphatic carbocycles. The van der Waals surface area contributed by atoms with E-state index in [4.69, 9.17) is 23.8 Å². The maximum atomic E-state index is 6.50. The van der Waals surface area contributed by atoms with E-state index in [1.807, 2.05) is 60.7 Å². The Hall–Kier alpha value is -8.41. The van der Waals surface area contributed by atoms with Gasteiger partial charge < -0.3 is 8.83 Å². The van der Waals surface area contributed by atoms with Crippen molar-refractivity contribution < 1.29 is 8.83 Å². The number of fused-ring (bicyclic) bond motifs is 12. The van der Waals surface area contributed by atoms with Crippen molar-refractivity contribution >= 4 is 76.2 Å². The first-order chi connectivity index (χ1) is 30.7. The second kappa shape index (κ2) is 13.6. The third-order valence-corrected chi connectivity index (χ3v) is 12.3. The second-order valence-electron chi connectivity index (χ2n) is 15.9. The minimum atomic E-state index is 0.600. The maximum absolute atomic E-state index is 6.50. The fourth-order valence-corrected chi connectivity index (χ4v) is 9.35. The van der Waals surface area contributed by atoms with Crippen LogP contribution in [0.25, 0.3) is 133 Å². The number of hydrogen-bond donors (Lipinski definition) is 0. The molecule has 13 rings (SSSR count). The van der Waals surface area contributed by atoms with Crippen LogP contribution in [0.3, 0.4) is 0 Å². The van der Waals surface area contributed by atoms with Gasteiger partial charge in [0.1, 0.15) is 22.3 Å². The van der Waals surface area contributed by atoms with Gasteiger partial charge in [-0.25, -0.2) is 15.0 Å². The Kier molecular flexibility index (Phi) is 7.54. The smallest absolute Gasteiger partial charge is 0.164 e. The van der Waals surface area contributed by atoms with Gasteiger partial charge in [-0.2, -0.15) is 0 Å². The molecular weight excluding hydrogens is 759 g/mol. The van der Waals surface area contributed by atoms with Crippen LogP contribution >= 0.6 is 0 Å². The van der Waals surface area contributed by atoms with E-state index in [2.05, 4.69) is 140 Å². The molecule has 0 bridgehead atoms. The van der Waals surface area contributed by atoms with Crippen molar-refractivity contribution in [3.8, 4) is 56.4 Å². The molecule has 0 aliphatic heterocycles. The van der Waals surface area contributed by atoms with Gasteiger partial charge in [-0.15, -0.1) is 0 Å². The highest BCUT2D eigenvalue weighted by atomic mass is 16.3. The van der Waals surface area contributed by atoms with Crippen LogP contribution in [0.4, 0.5) is 0 Å². The lowest BCUT2D eigenvalue weighted by Crippen LogP contribution is -2.00. The summed E-state index contributed by atoms with van der Waals surface area (Å²) in [4.78, 5) is 15.1. The number of nitrogens with zero attached hydrogens (tertiary/aromatic N) is 3. The van der Waals surface area contributed by atoms with Crippen LogP contribution in [0.2, 0.25) is 0 Å². The summed E-state index contributed by atoms with van der Waals surface area (Å²) >= 11 is 0. The standard InChI is InChI=1S/C57H33N3O2/c1-2-11-35(12-3-1)55-58-56(60-57(59-55)39-27-30-51-48(33-39)46-17-8-9-19-50(46)61-51)36-23-21-34(22-24-36)40-18-10-20-53-54(40)49-32-38(26-29-52(49)62-53)37-25-28-45-43-15-5-4-13-41(43)42-14-6-7-16-44(42)47(45)31-37/h1-33H.